The molecule has 1 aromatic heterocycles. The minimum atomic E-state index is -0.565. The van der Waals surface area contributed by atoms with E-state index in [0.29, 0.717) is 11.5 Å². The minimum Gasteiger partial charge on any atom is -0.338 e. The fourth-order valence-electron chi connectivity index (χ4n) is 4.91. The monoisotopic (exact) mass is 632 g/mol. The number of rotatable bonds is 11. The van der Waals surface area contributed by atoms with Gasteiger partial charge in [-0.3, -0.25) is 14.4 Å². The van der Waals surface area contributed by atoms with Gasteiger partial charge in [0.1, 0.15) is 11.4 Å². The number of anilines is 2. The van der Waals surface area contributed by atoms with Crippen LogP contribution in [0.1, 0.15) is 56.8 Å². The van der Waals surface area contributed by atoms with Crippen molar-refractivity contribution in [1.82, 2.24) is 10.0 Å². The number of carbonyl (C=O) groups is 4. The van der Waals surface area contributed by atoms with Crippen molar-refractivity contribution in [1.29, 1.82) is 0 Å². The molecule has 3 heterocycles. The molecule has 2 aromatic carbocycles. The van der Waals surface area contributed by atoms with Crippen LogP contribution >= 0.6 is 23.5 Å². The maximum Gasteiger partial charge on any atom is 0.365 e. The van der Waals surface area contributed by atoms with E-state index in [1.807, 2.05) is 43.4 Å². The second-order valence-corrected chi connectivity index (χ2v) is 12.6. The Morgan fingerprint density at radius 1 is 1.07 bits per heavy atom. The lowest BCUT2D eigenvalue weighted by Gasteiger charge is -2.13. The van der Waals surface area contributed by atoms with Crippen molar-refractivity contribution >= 4 is 64.7 Å². The van der Waals surface area contributed by atoms with Gasteiger partial charge in [-0.1, -0.05) is 36.4 Å². The van der Waals surface area contributed by atoms with Gasteiger partial charge >= 0.3 is 11.1 Å². The molecule has 3 aromatic rings. The van der Waals surface area contributed by atoms with Gasteiger partial charge in [-0.25, -0.2) is 4.79 Å². The number of aryl methyl sites for hydroxylation is 1. The number of benzene rings is 2. The molecule has 2 aliphatic rings. The molecule has 0 atom stereocenters. The Hall–Kier alpha value is -4.16. The third-order valence-electron chi connectivity index (χ3n) is 7.05. The summed E-state index contributed by atoms with van der Waals surface area (Å²) in [5.41, 5.74) is 4.75. The van der Waals surface area contributed by atoms with Gasteiger partial charge in [0.2, 0.25) is 5.91 Å². The third-order valence-corrected chi connectivity index (χ3v) is 9.23. The van der Waals surface area contributed by atoms with Crippen LogP contribution in [0.4, 0.5) is 11.4 Å². The van der Waals surface area contributed by atoms with Crippen LogP contribution in [0.25, 0.3) is 11.8 Å². The number of amides is 3. The molecule has 5 rings (SSSR count). The largest absolute Gasteiger partial charge is 0.365 e. The van der Waals surface area contributed by atoms with E-state index in [4.69, 9.17) is 9.82 Å². The summed E-state index contributed by atoms with van der Waals surface area (Å²) in [6.07, 6.45) is 4.64. The van der Waals surface area contributed by atoms with E-state index < -0.39 is 17.8 Å². The highest BCUT2D eigenvalue weighted by Gasteiger charge is 2.32. The Labute approximate surface area is 264 Å². The number of imide groups is 1. The van der Waals surface area contributed by atoms with Gasteiger partial charge in [-0.05, 0) is 66.8 Å². The van der Waals surface area contributed by atoms with Crippen molar-refractivity contribution in [3.8, 4) is 5.69 Å². The number of fused-ring (bicyclic) bond motifs is 1. The minimum absolute atomic E-state index is 0.0854. The Morgan fingerprint density at radius 2 is 1.82 bits per heavy atom. The number of hydrogen-bond acceptors (Lipinski definition) is 9. The van der Waals surface area contributed by atoms with E-state index in [1.54, 1.807) is 23.5 Å². The fraction of sp³-hybridized carbons (Fsp3) is 0.312. The topological polar surface area (TPSA) is 113 Å². The molecule has 1 fully saturated rings. The van der Waals surface area contributed by atoms with E-state index in [9.17, 15) is 19.2 Å². The van der Waals surface area contributed by atoms with Crippen LogP contribution in [0.5, 0.6) is 0 Å². The number of thioether (sulfide) groups is 2. The standard InChI is InChI=1S/C32H33N5O5S2/c1-21-18-24(20-30-35(3)26-14-13-23(33-22(2)38)19-27(26)44-30)34-32(36(21)25-10-6-4-7-11-25)43-17-9-5-8-12-31(41)42-37-28(39)15-16-29(37)40/h4,6-7,10-11,13-14,18-20H,5,8-9,12,15-17H2,1-3H3/p+1. The molecule has 10 nitrogen and oxygen atoms in total. The van der Waals surface area contributed by atoms with Gasteiger partial charge in [0, 0.05) is 61.7 Å². The molecule has 0 bridgehead atoms. The van der Waals surface area contributed by atoms with E-state index in [0.717, 1.165) is 62.1 Å². The van der Waals surface area contributed by atoms with Crippen LogP contribution in [-0.4, -0.2) is 46.5 Å². The highest BCUT2D eigenvalue weighted by molar-refractivity contribution is 8.04. The molecule has 44 heavy (non-hydrogen) atoms. The normalized spacial score (nSPS) is 15.2. The van der Waals surface area contributed by atoms with Crippen molar-refractivity contribution in [2.24, 2.45) is 0 Å². The van der Waals surface area contributed by atoms with Crippen molar-refractivity contribution in [3.63, 3.8) is 0 Å². The summed E-state index contributed by atoms with van der Waals surface area (Å²) in [4.78, 5) is 60.1. The van der Waals surface area contributed by atoms with Crippen LogP contribution in [0.3, 0.4) is 0 Å². The second-order valence-electron chi connectivity index (χ2n) is 10.5. The maximum absolute atomic E-state index is 12.1. The number of nitrogens with one attached hydrogen (secondary N) is 1. The van der Waals surface area contributed by atoms with E-state index in [2.05, 4.69) is 46.0 Å². The number of unbranched alkanes of at least 4 members (excludes halogenated alkanes) is 2. The van der Waals surface area contributed by atoms with Crippen LogP contribution in [0.15, 0.2) is 69.7 Å². The molecular formula is C32H34N5O5S2+. The SMILES string of the molecule is CC(=O)Nc1ccc2c(c1)S/C(=C/c1cc(C)[n+](-c3ccccc3)c(SCCCCCC(=O)ON3C(=O)CCC3=O)n1)N2C. The van der Waals surface area contributed by atoms with Crippen molar-refractivity contribution in [2.75, 3.05) is 23.0 Å². The van der Waals surface area contributed by atoms with Gasteiger partial charge < -0.3 is 15.1 Å². The average Bonchev–Trinajstić information content (AvgIpc) is 3.47. The van der Waals surface area contributed by atoms with Gasteiger partial charge in [-0.15, -0.1) is 5.06 Å². The average molecular weight is 633 g/mol. The van der Waals surface area contributed by atoms with Crippen molar-refractivity contribution in [3.05, 3.63) is 71.0 Å². The third kappa shape index (κ3) is 7.48. The molecule has 228 valence electrons. The summed E-state index contributed by atoms with van der Waals surface area (Å²) in [5, 5.41) is 5.34. The predicted octanol–water partition coefficient (Wildman–Crippen LogP) is 5.43. The van der Waals surface area contributed by atoms with E-state index in [1.165, 1.54) is 6.92 Å². The number of hydrogen-bond donors (Lipinski definition) is 1. The molecule has 0 saturated carbocycles. The molecule has 0 spiro atoms. The second kappa shape index (κ2) is 14.1. The van der Waals surface area contributed by atoms with Gasteiger partial charge in [0.25, 0.3) is 11.8 Å². The molecule has 0 unspecified atom stereocenters. The first-order chi connectivity index (χ1) is 21.2. The Bertz CT molecular complexity index is 1610. The summed E-state index contributed by atoms with van der Waals surface area (Å²) >= 11 is 3.29. The first-order valence-electron chi connectivity index (χ1n) is 14.4. The Kier molecular flexibility index (Phi) is 10.0. The molecule has 0 radical (unpaired) electrons. The number of nitrogens with zero attached hydrogens (tertiary/aromatic N) is 4. The zero-order chi connectivity index (χ0) is 31.2. The van der Waals surface area contributed by atoms with Crippen LogP contribution in [0, 0.1) is 6.92 Å². The molecule has 12 heteroatoms. The number of para-hydroxylation sites is 1. The van der Waals surface area contributed by atoms with E-state index in [-0.39, 0.29) is 25.2 Å². The number of hydroxylamine groups is 2. The lowest BCUT2D eigenvalue weighted by Crippen LogP contribution is -2.38. The van der Waals surface area contributed by atoms with Crippen LogP contribution < -0.4 is 14.8 Å². The molecule has 0 aliphatic carbocycles. The molecular weight excluding hydrogens is 599 g/mol. The van der Waals surface area contributed by atoms with Gasteiger partial charge in [-0.2, -0.15) is 4.57 Å². The first kappa shape index (κ1) is 31.3. The summed E-state index contributed by atoms with van der Waals surface area (Å²) in [7, 11) is 2.02. The lowest BCUT2D eigenvalue weighted by atomic mass is 10.2. The molecule has 1 N–H and O–H groups in total. The highest BCUT2D eigenvalue weighted by Crippen LogP contribution is 2.46. The number of aromatic nitrogens is 2. The maximum atomic E-state index is 12.1. The highest BCUT2D eigenvalue weighted by atomic mass is 32.2. The van der Waals surface area contributed by atoms with Crippen molar-refractivity contribution < 1.29 is 28.6 Å². The zero-order valence-electron chi connectivity index (χ0n) is 24.9. The zero-order valence-corrected chi connectivity index (χ0v) is 26.5. The van der Waals surface area contributed by atoms with Gasteiger partial charge in [0.05, 0.1) is 10.7 Å². The Morgan fingerprint density at radius 3 is 2.55 bits per heavy atom. The lowest BCUT2D eigenvalue weighted by molar-refractivity contribution is -0.647. The Balaban J connectivity index is 1.25. The van der Waals surface area contributed by atoms with Crippen LogP contribution in [0.2, 0.25) is 0 Å². The molecule has 3 amide bonds. The van der Waals surface area contributed by atoms with Crippen molar-refractivity contribution in [2.45, 2.75) is 62.4 Å². The van der Waals surface area contributed by atoms with Crippen LogP contribution in [-0.2, 0) is 24.0 Å². The van der Waals surface area contributed by atoms with Gasteiger partial charge in [0.15, 0.2) is 5.69 Å². The quantitative estimate of drug-likeness (QED) is 0.0973. The molecule has 2 aliphatic heterocycles. The smallest absolute Gasteiger partial charge is 0.338 e. The summed E-state index contributed by atoms with van der Waals surface area (Å²) in [6.45, 7) is 3.57. The predicted molar refractivity (Wildman–Crippen MR) is 170 cm³/mol. The molecule has 1 saturated heterocycles. The fourth-order valence-corrected chi connectivity index (χ4v) is 7.12. The number of carbonyl (C=O) groups excluding carboxylic acids is 4. The summed E-state index contributed by atoms with van der Waals surface area (Å²) < 4.78 is 2.15. The first-order valence-corrected chi connectivity index (χ1v) is 16.2. The summed E-state index contributed by atoms with van der Waals surface area (Å²) in [5.74, 6) is -0.807. The van der Waals surface area contributed by atoms with E-state index >= 15 is 0 Å². The summed E-state index contributed by atoms with van der Waals surface area (Å²) in [6, 6.07) is 18.1.